The maximum Gasteiger partial charge on any atom is 0.274 e. The number of nitro benzene ring substituents is 1. The van der Waals surface area contributed by atoms with Gasteiger partial charge in [0.1, 0.15) is 5.75 Å². The van der Waals surface area contributed by atoms with Gasteiger partial charge in [-0.3, -0.25) is 19.7 Å². The molecule has 0 aliphatic rings. The Morgan fingerprint density at radius 1 is 1.23 bits per heavy atom. The number of nitrogens with zero attached hydrogens (tertiary/aromatic N) is 2. The number of likely N-dealkylation sites (N-methyl/N-ethyl adjacent to an activating group) is 1. The molecule has 2 rings (SSSR count). The van der Waals surface area contributed by atoms with E-state index < -0.39 is 16.2 Å². The quantitative estimate of drug-likeness (QED) is 0.532. The fraction of sp³-hybridized carbons (Fsp3) is 0.286. The number of aryl methyl sites for hydroxylation is 1. The highest BCUT2D eigenvalue weighted by molar-refractivity contribution is 6.05. The van der Waals surface area contributed by atoms with Crippen LogP contribution in [0.5, 0.6) is 5.75 Å². The molecule has 0 heterocycles. The van der Waals surface area contributed by atoms with Crippen LogP contribution in [0.4, 0.5) is 11.4 Å². The number of anilines is 1. The van der Waals surface area contributed by atoms with E-state index in [1.807, 2.05) is 0 Å². The van der Waals surface area contributed by atoms with Crippen LogP contribution in [0.3, 0.4) is 0 Å². The Hall–Kier alpha value is -3.93. The molecule has 156 valence electrons. The predicted octanol–water partition coefficient (Wildman–Crippen LogP) is 3.08. The first-order valence-electron chi connectivity index (χ1n) is 9.04. The van der Waals surface area contributed by atoms with Crippen LogP contribution < -0.4 is 15.4 Å². The van der Waals surface area contributed by atoms with Gasteiger partial charge in [0.2, 0.25) is 0 Å². The molecule has 0 saturated heterocycles. The Morgan fingerprint density at radius 2 is 1.93 bits per heavy atom. The molecule has 0 spiro atoms. The Balaban J connectivity index is 2.39. The predicted molar refractivity (Wildman–Crippen MR) is 110 cm³/mol. The van der Waals surface area contributed by atoms with Gasteiger partial charge in [0.15, 0.2) is 6.61 Å². The zero-order valence-corrected chi connectivity index (χ0v) is 17.1. The van der Waals surface area contributed by atoms with Crippen molar-refractivity contribution in [2.45, 2.75) is 26.2 Å². The summed E-state index contributed by atoms with van der Waals surface area (Å²) in [6, 6.07) is 11.1. The fourth-order valence-corrected chi connectivity index (χ4v) is 2.55. The summed E-state index contributed by atoms with van der Waals surface area (Å²) in [5.41, 5.74) is 0.423. The van der Waals surface area contributed by atoms with Crippen LogP contribution >= 0.6 is 0 Å². The Bertz CT molecular complexity index is 1040. The van der Waals surface area contributed by atoms with Gasteiger partial charge in [0.25, 0.3) is 17.5 Å². The molecule has 30 heavy (non-hydrogen) atoms. The van der Waals surface area contributed by atoms with Crippen molar-refractivity contribution in [2.75, 3.05) is 19.0 Å². The van der Waals surface area contributed by atoms with E-state index in [0.717, 1.165) is 0 Å². The van der Waals surface area contributed by atoms with Crippen molar-refractivity contribution in [3.63, 3.8) is 0 Å². The lowest BCUT2D eigenvalue weighted by Crippen LogP contribution is -2.25. The maximum absolute atomic E-state index is 12.8. The van der Waals surface area contributed by atoms with E-state index in [9.17, 15) is 25.0 Å². The summed E-state index contributed by atoms with van der Waals surface area (Å²) in [4.78, 5) is 34.9. The average molecular weight is 410 g/mol. The van der Waals surface area contributed by atoms with E-state index >= 15 is 0 Å². The van der Waals surface area contributed by atoms with Crippen LogP contribution in [0.15, 0.2) is 36.4 Å². The lowest BCUT2D eigenvalue weighted by atomic mass is 9.85. The molecule has 0 fully saturated rings. The van der Waals surface area contributed by atoms with Crippen LogP contribution in [0, 0.1) is 28.4 Å². The summed E-state index contributed by atoms with van der Waals surface area (Å²) >= 11 is 0. The summed E-state index contributed by atoms with van der Waals surface area (Å²) in [7, 11) is 1.47. The van der Waals surface area contributed by atoms with Gasteiger partial charge in [-0.05, 0) is 50.6 Å². The second-order valence-corrected chi connectivity index (χ2v) is 7.16. The van der Waals surface area contributed by atoms with Crippen molar-refractivity contribution in [3.8, 4) is 11.8 Å². The smallest absolute Gasteiger partial charge is 0.274 e. The van der Waals surface area contributed by atoms with Crippen LogP contribution in [0.1, 0.15) is 35.3 Å². The van der Waals surface area contributed by atoms with Gasteiger partial charge < -0.3 is 15.4 Å². The van der Waals surface area contributed by atoms with E-state index in [1.165, 1.54) is 19.2 Å². The molecule has 2 aromatic carbocycles. The molecule has 0 saturated carbocycles. The molecule has 0 unspecified atom stereocenters. The summed E-state index contributed by atoms with van der Waals surface area (Å²) < 4.78 is 5.46. The molecule has 9 heteroatoms. The van der Waals surface area contributed by atoms with Gasteiger partial charge >= 0.3 is 0 Å². The first-order valence-corrected chi connectivity index (χ1v) is 9.04. The second-order valence-electron chi connectivity index (χ2n) is 7.16. The number of amides is 2. The molecule has 0 aromatic heterocycles. The molecular formula is C21H22N4O5. The average Bonchev–Trinajstić information content (AvgIpc) is 2.72. The number of ether oxygens (including phenoxy) is 1. The maximum atomic E-state index is 12.8. The van der Waals surface area contributed by atoms with Gasteiger partial charge in [-0.15, -0.1) is 0 Å². The summed E-state index contributed by atoms with van der Waals surface area (Å²) in [5.74, 6) is -0.633. The minimum Gasteiger partial charge on any atom is -0.484 e. The lowest BCUT2D eigenvalue weighted by Gasteiger charge is -2.19. The third kappa shape index (κ3) is 5.32. The summed E-state index contributed by atoms with van der Waals surface area (Å²) in [5, 5.41) is 25.6. The number of hydrogen-bond donors (Lipinski definition) is 2. The Kier molecular flexibility index (Phi) is 6.74. The van der Waals surface area contributed by atoms with Crippen molar-refractivity contribution in [1.29, 1.82) is 5.26 Å². The normalized spacial score (nSPS) is 10.6. The molecule has 0 bridgehead atoms. The van der Waals surface area contributed by atoms with Crippen LogP contribution in [-0.2, 0) is 10.2 Å². The van der Waals surface area contributed by atoms with Gasteiger partial charge in [-0.1, -0.05) is 6.07 Å². The van der Waals surface area contributed by atoms with Crippen molar-refractivity contribution in [2.24, 2.45) is 0 Å². The molecule has 2 amide bonds. The number of nitro groups is 1. The van der Waals surface area contributed by atoms with Crippen molar-refractivity contribution >= 4 is 23.2 Å². The van der Waals surface area contributed by atoms with E-state index in [2.05, 4.69) is 16.7 Å². The van der Waals surface area contributed by atoms with Crippen molar-refractivity contribution < 1.29 is 19.2 Å². The lowest BCUT2D eigenvalue weighted by molar-refractivity contribution is -0.385. The highest BCUT2D eigenvalue weighted by atomic mass is 16.6. The number of hydrogen-bond acceptors (Lipinski definition) is 6. The fourth-order valence-electron chi connectivity index (χ4n) is 2.55. The SMILES string of the molecule is CNC(=O)COc1cc(C(=O)Nc2ccc(C)c([N+](=O)[O-])c2)cc(C(C)(C)C#N)c1. The molecule has 0 aliphatic heterocycles. The number of nitriles is 1. The van der Waals surface area contributed by atoms with Crippen molar-refractivity contribution in [3.05, 3.63) is 63.2 Å². The van der Waals surface area contributed by atoms with Crippen molar-refractivity contribution in [1.82, 2.24) is 5.32 Å². The van der Waals surface area contributed by atoms with Crippen LogP contribution in [-0.4, -0.2) is 30.4 Å². The van der Waals surface area contributed by atoms with E-state index in [0.29, 0.717) is 11.1 Å². The number of rotatable bonds is 7. The number of benzene rings is 2. The van der Waals surface area contributed by atoms with Crippen LogP contribution in [0.2, 0.25) is 0 Å². The minimum atomic E-state index is -0.913. The Labute approximate surface area is 173 Å². The third-order valence-corrected chi connectivity index (χ3v) is 4.48. The van der Waals surface area contributed by atoms with E-state index in [-0.39, 0.29) is 35.2 Å². The zero-order chi connectivity index (χ0) is 22.5. The molecule has 2 aromatic rings. The van der Waals surface area contributed by atoms with Gasteiger partial charge in [-0.2, -0.15) is 5.26 Å². The second kappa shape index (κ2) is 9.05. The molecule has 0 aliphatic carbocycles. The van der Waals surface area contributed by atoms with E-state index in [1.54, 1.807) is 45.0 Å². The Morgan fingerprint density at radius 3 is 2.53 bits per heavy atom. The highest BCUT2D eigenvalue weighted by Gasteiger charge is 2.23. The van der Waals surface area contributed by atoms with Gasteiger partial charge in [0.05, 0.1) is 16.4 Å². The standard InChI is InChI=1S/C21H22N4O5/c1-13-5-6-16(10-18(13)25(28)29)24-20(27)14-7-15(21(2,3)12-22)9-17(8-14)30-11-19(26)23-4/h5-10H,11H2,1-4H3,(H,23,26)(H,24,27). The highest BCUT2D eigenvalue weighted by Crippen LogP contribution is 2.29. The number of carbonyl (C=O) groups is 2. The number of nitrogens with one attached hydrogen (secondary N) is 2. The summed E-state index contributed by atoms with van der Waals surface area (Å²) in [6.45, 7) is 4.73. The molecule has 0 atom stereocenters. The minimum absolute atomic E-state index is 0.109. The molecular weight excluding hydrogens is 388 g/mol. The van der Waals surface area contributed by atoms with Gasteiger partial charge in [0, 0.05) is 29.9 Å². The van der Waals surface area contributed by atoms with E-state index in [4.69, 9.17) is 4.74 Å². The molecule has 2 N–H and O–H groups in total. The first kappa shape index (κ1) is 22.4. The first-order chi connectivity index (χ1) is 14.1. The number of carbonyl (C=O) groups excluding carboxylic acids is 2. The largest absolute Gasteiger partial charge is 0.484 e. The monoisotopic (exact) mass is 410 g/mol. The van der Waals surface area contributed by atoms with Crippen LogP contribution in [0.25, 0.3) is 0 Å². The molecule has 9 nitrogen and oxygen atoms in total. The topological polar surface area (TPSA) is 134 Å². The molecule has 0 radical (unpaired) electrons. The zero-order valence-electron chi connectivity index (χ0n) is 17.1. The van der Waals surface area contributed by atoms with Gasteiger partial charge in [-0.25, -0.2) is 0 Å². The third-order valence-electron chi connectivity index (χ3n) is 4.48. The summed E-state index contributed by atoms with van der Waals surface area (Å²) in [6.07, 6.45) is 0.